The van der Waals surface area contributed by atoms with Crippen molar-refractivity contribution in [1.82, 2.24) is 0 Å². The Morgan fingerprint density at radius 3 is 0.848 bits per heavy atom. The van der Waals surface area contributed by atoms with Crippen molar-refractivity contribution in [3.05, 3.63) is 0 Å². The summed E-state index contributed by atoms with van der Waals surface area (Å²) in [6, 6.07) is 3.99. The van der Waals surface area contributed by atoms with Crippen LogP contribution in [-0.4, -0.2) is 105 Å². The van der Waals surface area contributed by atoms with E-state index in [0.717, 1.165) is 0 Å². The minimum atomic E-state index is -2.90. The topological polar surface area (TPSA) is 83.1 Å². The minimum absolute atomic E-state index is 0.184. The molecule has 0 atom stereocenters. The van der Waals surface area contributed by atoms with Gasteiger partial charge in [-0.3, -0.25) is 0 Å². The molecule has 15 heteroatoms. The lowest BCUT2D eigenvalue weighted by Crippen LogP contribution is -2.50. The van der Waals surface area contributed by atoms with Crippen LogP contribution in [0.1, 0.15) is 6.42 Å². The third-order valence-electron chi connectivity index (χ3n) is 6.58. The van der Waals surface area contributed by atoms with Gasteiger partial charge in [0.2, 0.25) is 6.43 Å². The maximum Gasteiger partial charge on any atom is 0.499 e. The van der Waals surface area contributed by atoms with E-state index in [0.29, 0.717) is 42.3 Å². The SMILES string of the molecule is CO[Si](CC[Si](CCC(F)F)(CC[Si](OC)(OC)OC)CC[Si](OC)(OC)OC)(OC)OC. The average molecular weight is 555 g/mol. The standard InChI is InChI=1S/C18H44F2O9Si4/c1-21-31(22-2,23-3)15-12-30(11-10-18(19)20,13-16-32(24-4,25-5)26-6)14-17-33(27-7,28-8)29-9/h18H,10-17H2,1-9H3. The monoisotopic (exact) mass is 554 g/mol. The van der Waals surface area contributed by atoms with E-state index in [1.54, 1.807) is 64.0 Å². The summed E-state index contributed by atoms with van der Waals surface area (Å²) in [6.07, 6.45) is -2.58. The zero-order chi connectivity index (χ0) is 25.6. The third-order valence-corrected chi connectivity index (χ3v) is 21.5. The van der Waals surface area contributed by atoms with E-state index in [1.807, 2.05) is 0 Å². The number of hydrogen-bond donors (Lipinski definition) is 0. The van der Waals surface area contributed by atoms with Gasteiger partial charge in [0.15, 0.2) is 0 Å². The Hall–Kier alpha value is 0.368. The molecular weight excluding hydrogens is 511 g/mol. The van der Waals surface area contributed by atoms with E-state index < -0.39 is 40.9 Å². The second kappa shape index (κ2) is 16.2. The summed E-state index contributed by atoms with van der Waals surface area (Å²) in [7, 11) is 2.86. The number of alkyl halides is 2. The van der Waals surface area contributed by atoms with Crippen molar-refractivity contribution in [3.8, 4) is 0 Å². The zero-order valence-corrected chi connectivity index (χ0v) is 25.7. The molecule has 0 amide bonds. The second-order valence-electron chi connectivity index (χ2n) is 7.82. The summed E-state index contributed by atoms with van der Waals surface area (Å²) in [5.74, 6) is 0. The van der Waals surface area contributed by atoms with E-state index in [1.165, 1.54) is 0 Å². The fraction of sp³-hybridized carbons (Fsp3) is 1.00. The fourth-order valence-corrected chi connectivity index (χ4v) is 19.8. The molecule has 0 aliphatic heterocycles. The van der Waals surface area contributed by atoms with E-state index >= 15 is 0 Å². The predicted octanol–water partition coefficient (Wildman–Crippen LogP) is 3.72. The van der Waals surface area contributed by atoms with Crippen molar-refractivity contribution in [2.75, 3.05) is 64.0 Å². The van der Waals surface area contributed by atoms with Gasteiger partial charge in [-0.15, -0.1) is 0 Å². The smallest absolute Gasteiger partial charge is 0.377 e. The van der Waals surface area contributed by atoms with Gasteiger partial charge in [-0.25, -0.2) is 8.78 Å². The molecule has 33 heavy (non-hydrogen) atoms. The Kier molecular flexibility index (Phi) is 16.4. The largest absolute Gasteiger partial charge is 0.499 e. The van der Waals surface area contributed by atoms with Crippen LogP contribution in [0.2, 0.25) is 42.3 Å². The fourth-order valence-electron chi connectivity index (χ4n) is 4.09. The van der Waals surface area contributed by atoms with E-state index in [2.05, 4.69) is 0 Å². The van der Waals surface area contributed by atoms with Crippen molar-refractivity contribution in [2.45, 2.75) is 55.2 Å². The molecule has 9 nitrogen and oxygen atoms in total. The molecule has 0 aromatic carbocycles. The molecule has 0 spiro atoms. The summed E-state index contributed by atoms with van der Waals surface area (Å²) in [4.78, 5) is 0. The molecule has 0 aromatic heterocycles. The summed E-state index contributed by atoms with van der Waals surface area (Å²) in [5, 5.41) is 0. The second-order valence-corrected chi connectivity index (χ2v) is 22.1. The maximum atomic E-state index is 13.4. The van der Waals surface area contributed by atoms with Crippen LogP contribution in [0, 0.1) is 0 Å². The lowest BCUT2D eigenvalue weighted by atomic mass is 10.5. The van der Waals surface area contributed by atoms with Gasteiger partial charge in [0.05, 0.1) is 8.07 Å². The Morgan fingerprint density at radius 2 is 0.667 bits per heavy atom. The first kappa shape index (κ1) is 33.4. The molecule has 0 fully saturated rings. The number of halogens is 2. The van der Waals surface area contributed by atoms with E-state index in [9.17, 15) is 8.78 Å². The van der Waals surface area contributed by atoms with Crippen LogP contribution in [-0.2, 0) is 39.8 Å². The Bertz CT molecular complexity index is 427. The third kappa shape index (κ3) is 10.1. The molecule has 0 unspecified atom stereocenters. The molecule has 0 saturated heterocycles. The van der Waals surface area contributed by atoms with Gasteiger partial charge in [-0.2, -0.15) is 0 Å². The lowest BCUT2D eigenvalue weighted by molar-refractivity contribution is 0.124. The summed E-state index contributed by atoms with van der Waals surface area (Å²) in [6.45, 7) is 0. The number of hydrogen-bond acceptors (Lipinski definition) is 9. The molecule has 0 N–H and O–H groups in total. The van der Waals surface area contributed by atoms with Crippen LogP contribution in [0.4, 0.5) is 8.78 Å². The predicted molar refractivity (Wildman–Crippen MR) is 130 cm³/mol. The molecule has 0 saturated carbocycles. The van der Waals surface area contributed by atoms with Gasteiger partial charge in [-0.05, 0) is 0 Å². The average Bonchev–Trinajstić information content (AvgIpc) is 2.86. The van der Waals surface area contributed by atoms with Gasteiger partial charge in [-0.1, -0.05) is 24.2 Å². The lowest BCUT2D eigenvalue weighted by Gasteiger charge is -2.38. The molecule has 0 heterocycles. The maximum absolute atomic E-state index is 13.4. The molecule has 200 valence electrons. The molecule has 0 aliphatic rings. The summed E-state index contributed by atoms with van der Waals surface area (Å²) < 4.78 is 77.3. The van der Waals surface area contributed by atoms with Crippen LogP contribution in [0.25, 0.3) is 0 Å². The van der Waals surface area contributed by atoms with Crippen molar-refractivity contribution in [2.24, 2.45) is 0 Å². The summed E-state index contributed by atoms with van der Waals surface area (Å²) >= 11 is 0. The molecule has 0 radical (unpaired) electrons. The molecule has 0 aromatic rings. The van der Waals surface area contributed by atoms with E-state index in [4.69, 9.17) is 39.8 Å². The van der Waals surface area contributed by atoms with Gasteiger partial charge in [0.1, 0.15) is 0 Å². The Labute approximate surface area is 202 Å². The molecule has 0 aliphatic carbocycles. The van der Waals surface area contributed by atoms with Crippen LogP contribution in [0.15, 0.2) is 0 Å². The van der Waals surface area contributed by atoms with Gasteiger partial charge in [0.25, 0.3) is 0 Å². The van der Waals surface area contributed by atoms with Gasteiger partial charge in [0, 0.05) is 88.5 Å². The number of rotatable bonds is 21. The van der Waals surface area contributed by atoms with Crippen LogP contribution >= 0.6 is 0 Å². The first-order valence-electron chi connectivity index (χ1n) is 10.8. The zero-order valence-electron chi connectivity index (χ0n) is 21.7. The Morgan fingerprint density at radius 1 is 0.424 bits per heavy atom. The van der Waals surface area contributed by atoms with Gasteiger partial charge >= 0.3 is 26.4 Å². The van der Waals surface area contributed by atoms with Gasteiger partial charge < -0.3 is 39.8 Å². The van der Waals surface area contributed by atoms with Crippen molar-refractivity contribution in [1.29, 1.82) is 0 Å². The first-order chi connectivity index (χ1) is 15.6. The first-order valence-corrected chi connectivity index (χ1v) is 19.5. The van der Waals surface area contributed by atoms with Crippen LogP contribution < -0.4 is 0 Å². The van der Waals surface area contributed by atoms with E-state index in [-0.39, 0.29) is 6.42 Å². The van der Waals surface area contributed by atoms with Crippen molar-refractivity contribution < 1.29 is 48.6 Å². The highest BCUT2D eigenvalue weighted by Crippen LogP contribution is 2.39. The van der Waals surface area contributed by atoms with Crippen LogP contribution in [0.5, 0.6) is 0 Å². The quantitative estimate of drug-likeness (QED) is 0.197. The van der Waals surface area contributed by atoms with Crippen molar-refractivity contribution in [3.63, 3.8) is 0 Å². The highest BCUT2D eigenvalue weighted by atomic mass is 28.4. The summed E-state index contributed by atoms with van der Waals surface area (Å²) in [5.41, 5.74) is 0. The highest BCUT2D eigenvalue weighted by molar-refractivity contribution is 6.83. The van der Waals surface area contributed by atoms with Crippen molar-refractivity contribution >= 4 is 34.5 Å². The Balaban J connectivity index is 6.10. The minimum Gasteiger partial charge on any atom is -0.377 e. The van der Waals surface area contributed by atoms with Crippen LogP contribution in [0.3, 0.4) is 0 Å². The molecule has 0 bridgehead atoms. The highest BCUT2D eigenvalue weighted by Gasteiger charge is 2.48. The molecule has 0 rings (SSSR count). The normalized spacial score (nSPS) is 13.8. The molecular formula is C18H44F2O9Si4.